The molecule has 3 aromatic rings. The predicted octanol–water partition coefficient (Wildman–Crippen LogP) is 3.54. The summed E-state index contributed by atoms with van der Waals surface area (Å²) in [7, 11) is 0. The molecule has 6 nitrogen and oxygen atoms in total. The van der Waals surface area contributed by atoms with E-state index >= 15 is 0 Å². The molecule has 0 N–H and O–H groups in total. The highest BCUT2D eigenvalue weighted by Crippen LogP contribution is 2.21. The third-order valence-electron chi connectivity index (χ3n) is 3.17. The fourth-order valence-electron chi connectivity index (χ4n) is 1.93. The van der Waals surface area contributed by atoms with Crippen molar-refractivity contribution in [2.75, 3.05) is 0 Å². The first-order chi connectivity index (χ1) is 11.5. The summed E-state index contributed by atoms with van der Waals surface area (Å²) in [5, 5.41) is 8.30. The van der Waals surface area contributed by atoms with Crippen LogP contribution >= 0.6 is 11.6 Å². The first-order valence-corrected chi connectivity index (χ1v) is 7.32. The second kappa shape index (κ2) is 6.88. The lowest BCUT2D eigenvalue weighted by Gasteiger charge is -2.04. The normalized spacial score (nSPS) is 11.0. The van der Waals surface area contributed by atoms with Crippen molar-refractivity contribution >= 4 is 11.6 Å². The van der Waals surface area contributed by atoms with Crippen molar-refractivity contribution in [1.29, 1.82) is 0 Å². The first kappa shape index (κ1) is 16.3. The third kappa shape index (κ3) is 3.65. The maximum Gasteiger partial charge on any atom is 0.317 e. The molecule has 1 aromatic carbocycles. The van der Waals surface area contributed by atoms with Gasteiger partial charge in [0.15, 0.2) is 0 Å². The molecule has 2 heterocycles. The van der Waals surface area contributed by atoms with E-state index < -0.39 is 6.43 Å². The van der Waals surface area contributed by atoms with Crippen LogP contribution in [0, 0.1) is 6.92 Å². The standard InChI is InChI=1S/C15H12ClF2N5O/c1-9-13(16)6-19-15(20-9)24-8-11-7-23(22-21-11)12-4-2-3-10(5-12)14(17)18/h2-7,14H,8H2,1H3. The van der Waals surface area contributed by atoms with Crippen molar-refractivity contribution in [3.05, 3.63) is 58.6 Å². The van der Waals surface area contributed by atoms with Crippen LogP contribution in [0.15, 0.2) is 36.7 Å². The SMILES string of the molecule is Cc1nc(OCc2cn(-c3cccc(C(F)F)c3)nn2)ncc1Cl. The van der Waals surface area contributed by atoms with Crippen LogP contribution in [0.2, 0.25) is 5.02 Å². The van der Waals surface area contributed by atoms with Crippen molar-refractivity contribution in [3.63, 3.8) is 0 Å². The number of rotatable bonds is 5. The van der Waals surface area contributed by atoms with Gasteiger partial charge in [0.05, 0.1) is 28.8 Å². The Labute approximate surface area is 141 Å². The lowest BCUT2D eigenvalue weighted by Crippen LogP contribution is -2.01. The quantitative estimate of drug-likeness (QED) is 0.703. The Bertz CT molecular complexity index is 855. The molecule has 0 amide bonds. The summed E-state index contributed by atoms with van der Waals surface area (Å²) in [6.45, 7) is 1.83. The zero-order valence-corrected chi connectivity index (χ0v) is 13.3. The van der Waals surface area contributed by atoms with E-state index in [1.807, 2.05) is 0 Å². The van der Waals surface area contributed by atoms with E-state index in [1.54, 1.807) is 25.3 Å². The van der Waals surface area contributed by atoms with Crippen LogP contribution in [0.5, 0.6) is 6.01 Å². The molecule has 0 fully saturated rings. The van der Waals surface area contributed by atoms with Gasteiger partial charge in [-0.2, -0.15) is 4.98 Å². The number of halogens is 3. The van der Waals surface area contributed by atoms with E-state index in [4.69, 9.17) is 16.3 Å². The molecule has 24 heavy (non-hydrogen) atoms. The molecule has 0 aliphatic heterocycles. The van der Waals surface area contributed by atoms with Gasteiger partial charge in [0, 0.05) is 5.56 Å². The van der Waals surface area contributed by atoms with Crippen LogP contribution in [0.25, 0.3) is 5.69 Å². The van der Waals surface area contributed by atoms with Crippen LogP contribution in [-0.4, -0.2) is 25.0 Å². The van der Waals surface area contributed by atoms with Crippen molar-refractivity contribution in [2.24, 2.45) is 0 Å². The Balaban J connectivity index is 1.71. The van der Waals surface area contributed by atoms with Crippen LogP contribution in [0.4, 0.5) is 8.78 Å². The second-order valence-corrected chi connectivity index (χ2v) is 5.33. The highest BCUT2D eigenvalue weighted by molar-refractivity contribution is 6.31. The molecule has 0 radical (unpaired) electrons. The highest BCUT2D eigenvalue weighted by Gasteiger charge is 2.10. The smallest absolute Gasteiger partial charge is 0.317 e. The summed E-state index contributed by atoms with van der Waals surface area (Å²) in [6, 6.07) is 6.09. The molecule has 0 saturated carbocycles. The summed E-state index contributed by atoms with van der Waals surface area (Å²) in [5.41, 5.74) is 1.53. The number of ether oxygens (including phenoxy) is 1. The van der Waals surface area contributed by atoms with E-state index in [2.05, 4.69) is 20.3 Å². The predicted molar refractivity (Wildman–Crippen MR) is 82.4 cm³/mol. The van der Waals surface area contributed by atoms with Gasteiger partial charge in [0.1, 0.15) is 12.3 Å². The van der Waals surface area contributed by atoms with Crippen LogP contribution in [0.3, 0.4) is 0 Å². The summed E-state index contributed by atoms with van der Waals surface area (Å²) in [5.74, 6) is 0. The fourth-order valence-corrected chi connectivity index (χ4v) is 2.02. The topological polar surface area (TPSA) is 65.7 Å². The summed E-state index contributed by atoms with van der Waals surface area (Å²) < 4.78 is 32.3. The van der Waals surface area contributed by atoms with Gasteiger partial charge in [-0.3, -0.25) is 0 Å². The number of alkyl halides is 2. The highest BCUT2D eigenvalue weighted by atomic mass is 35.5. The van der Waals surface area contributed by atoms with E-state index in [0.717, 1.165) is 0 Å². The summed E-state index contributed by atoms with van der Waals surface area (Å²) >= 11 is 5.84. The average Bonchev–Trinajstić information content (AvgIpc) is 3.05. The van der Waals surface area contributed by atoms with Crippen molar-refractivity contribution in [1.82, 2.24) is 25.0 Å². The second-order valence-electron chi connectivity index (χ2n) is 4.92. The first-order valence-electron chi connectivity index (χ1n) is 6.94. The molecule has 9 heteroatoms. The van der Waals surface area contributed by atoms with Gasteiger partial charge < -0.3 is 4.74 Å². The maximum absolute atomic E-state index is 12.7. The maximum atomic E-state index is 12.7. The summed E-state index contributed by atoms with van der Waals surface area (Å²) in [4.78, 5) is 8.03. The average molecular weight is 352 g/mol. The molecule has 0 spiro atoms. The van der Waals surface area contributed by atoms with Gasteiger partial charge in [-0.25, -0.2) is 18.4 Å². The molecule has 0 bridgehead atoms. The molecule has 124 valence electrons. The zero-order valence-electron chi connectivity index (χ0n) is 12.5. The minimum absolute atomic E-state index is 0.0779. The summed E-state index contributed by atoms with van der Waals surface area (Å²) in [6.07, 6.45) is 0.501. The molecule has 0 atom stereocenters. The Morgan fingerprint density at radius 1 is 1.33 bits per heavy atom. The Kier molecular flexibility index (Phi) is 4.66. The van der Waals surface area contributed by atoms with Crippen LogP contribution in [-0.2, 0) is 6.61 Å². The molecule has 2 aromatic heterocycles. The minimum Gasteiger partial charge on any atom is -0.457 e. The monoisotopic (exact) mass is 351 g/mol. The fraction of sp³-hybridized carbons (Fsp3) is 0.200. The lowest BCUT2D eigenvalue weighted by molar-refractivity contribution is 0.151. The zero-order chi connectivity index (χ0) is 17.1. The van der Waals surface area contributed by atoms with Crippen LogP contribution in [0.1, 0.15) is 23.4 Å². The molecular formula is C15H12ClF2N5O. The van der Waals surface area contributed by atoms with E-state index in [0.29, 0.717) is 22.1 Å². The number of aromatic nitrogens is 5. The van der Waals surface area contributed by atoms with Gasteiger partial charge in [-0.05, 0) is 19.1 Å². The lowest BCUT2D eigenvalue weighted by atomic mass is 10.2. The van der Waals surface area contributed by atoms with Gasteiger partial charge in [-0.1, -0.05) is 28.9 Å². The van der Waals surface area contributed by atoms with Crippen LogP contribution < -0.4 is 4.74 Å². The molecule has 0 aliphatic carbocycles. The molecule has 3 rings (SSSR count). The van der Waals surface area contributed by atoms with E-state index in [-0.39, 0.29) is 18.2 Å². The van der Waals surface area contributed by atoms with Crippen molar-refractivity contribution in [3.8, 4) is 11.7 Å². The number of hydrogen-bond acceptors (Lipinski definition) is 5. The minimum atomic E-state index is -2.54. The Morgan fingerprint density at radius 2 is 2.17 bits per heavy atom. The molecule has 0 saturated heterocycles. The van der Waals surface area contributed by atoms with E-state index in [1.165, 1.54) is 23.0 Å². The molecular weight excluding hydrogens is 340 g/mol. The number of nitrogens with zero attached hydrogens (tertiary/aromatic N) is 5. The van der Waals surface area contributed by atoms with Gasteiger partial charge in [-0.15, -0.1) is 5.10 Å². The number of aryl methyl sites for hydroxylation is 1. The Morgan fingerprint density at radius 3 is 2.92 bits per heavy atom. The van der Waals surface area contributed by atoms with Gasteiger partial charge >= 0.3 is 6.01 Å². The third-order valence-corrected chi connectivity index (χ3v) is 3.55. The molecule has 0 aliphatic rings. The number of hydrogen-bond donors (Lipinski definition) is 0. The largest absolute Gasteiger partial charge is 0.457 e. The Hall–Kier alpha value is -2.61. The van der Waals surface area contributed by atoms with Gasteiger partial charge in [0.2, 0.25) is 0 Å². The number of benzene rings is 1. The van der Waals surface area contributed by atoms with E-state index in [9.17, 15) is 8.78 Å². The molecule has 0 unspecified atom stereocenters. The van der Waals surface area contributed by atoms with Crippen molar-refractivity contribution < 1.29 is 13.5 Å². The van der Waals surface area contributed by atoms with Crippen molar-refractivity contribution in [2.45, 2.75) is 20.0 Å². The van der Waals surface area contributed by atoms with Gasteiger partial charge in [0.25, 0.3) is 6.43 Å².